The molecular formula is C31H26N2O4. The van der Waals surface area contributed by atoms with E-state index in [4.69, 9.17) is 5.10 Å². The topological polar surface area (TPSA) is 90.2 Å². The fraction of sp³-hybridized carbons (Fsp3) is 0.0645. The lowest BCUT2D eigenvalue weighted by atomic mass is 10.0. The standard InChI is InChI=1S/C31H26N2O4/c1-3-28(34)30(36)22-12-16-25(17-13-22)33(26-18-14-23(15-19-26)31(37)29(35)4-2)32-20-24-10-7-9-21-8-5-6-11-27(21)24/h3-20,30-31,36-37H,1-2H2. The van der Waals surface area contributed by atoms with E-state index in [-0.39, 0.29) is 0 Å². The molecule has 0 saturated heterocycles. The summed E-state index contributed by atoms with van der Waals surface area (Å²) >= 11 is 0. The second kappa shape index (κ2) is 11.4. The average Bonchev–Trinajstić information content (AvgIpc) is 2.96. The van der Waals surface area contributed by atoms with Crippen molar-refractivity contribution in [2.45, 2.75) is 12.2 Å². The Labute approximate surface area is 215 Å². The van der Waals surface area contributed by atoms with E-state index < -0.39 is 23.8 Å². The van der Waals surface area contributed by atoms with Crippen molar-refractivity contribution in [2.75, 3.05) is 5.01 Å². The molecule has 0 heterocycles. The molecule has 4 rings (SSSR count). The van der Waals surface area contributed by atoms with Crippen LogP contribution in [0.1, 0.15) is 28.9 Å². The molecule has 0 aliphatic heterocycles. The molecular weight excluding hydrogens is 464 g/mol. The normalized spacial score (nSPS) is 12.7. The molecule has 37 heavy (non-hydrogen) atoms. The van der Waals surface area contributed by atoms with Crippen LogP contribution in [0.15, 0.2) is 121 Å². The number of hydrogen-bond acceptors (Lipinski definition) is 6. The summed E-state index contributed by atoms with van der Waals surface area (Å²) in [6, 6.07) is 27.6. The lowest BCUT2D eigenvalue weighted by molar-refractivity contribution is -0.123. The Kier molecular flexibility index (Phi) is 7.83. The number of benzene rings is 4. The molecule has 6 heteroatoms. The molecule has 0 amide bonds. The molecule has 2 N–H and O–H groups in total. The maximum atomic E-state index is 11.8. The van der Waals surface area contributed by atoms with Gasteiger partial charge in [-0.25, -0.2) is 5.01 Å². The second-order valence-corrected chi connectivity index (χ2v) is 8.33. The van der Waals surface area contributed by atoms with E-state index in [1.807, 2.05) is 42.5 Å². The van der Waals surface area contributed by atoms with Crippen LogP contribution in [0, 0.1) is 0 Å². The number of aliphatic hydroxyl groups is 2. The van der Waals surface area contributed by atoms with Crippen LogP contribution < -0.4 is 5.01 Å². The zero-order valence-electron chi connectivity index (χ0n) is 20.1. The van der Waals surface area contributed by atoms with Crippen molar-refractivity contribution in [3.8, 4) is 0 Å². The van der Waals surface area contributed by atoms with Crippen LogP contribution in [-0.2, 0) is 9.59 Å². The van der Waals surface area contributed by atoms with E-state index >= 15 is 0 Å². The predicted octanol–water partition coefficient (Wildman–Crippen LogP) is 5.59. The Morgan fingerprint density at radius 3 is 1.70 bits per heavy atom. The van der Waals surface area contributed by atoms with Crippen molar-refractivity contribution >= 4 is 39.9 Å². The Morgan fingerprint density at radius 1 is 0.703 bits per heavy atom. The third kappa shape index (κ3) is 5.62. The van der Waals surface area contributed by atoms with E-state index in [0.717, 1.165) is 28.5 Å². The van der Waals surface area contributed by atoms with Crippen molar-refractivity contribution < 1.29 is 19.8 Å². The molecule has 4 aromatic carbocycles. The van der Waals surface area contributed by atoms with E-state index in [9.17, 15) is 19.8 Å². The minimum atomic E-state index is -1.29. The highest BCUT2D eigenvalue weighted by Crippen LogP contribution is 2.29. The molecule has 184 valence electrons. The lowest BCUT2D eigenvalue weighted by Crippen LogP contribution is -2.12. The summed E-state index contributed by atoms with van der Waals surface area (Å²) in [6.45, 7) is 6.84. The van der Waals surface area contributed by atoms with Gasteiger partial charge >= 0.3 is 0 Å². The Hall–Kier alpha value is -4.65. The summed E-state index contributed by atoms with van der Waals surface area (Å²) in [5.74, 6) is -0.969. The molecule has 0 spiro atoms. The van der Waals surface area contributed by atoms with Crippen molar-refractivity contribution in [3.05, 3.63) is 133 Å². The number of rotatable bonds is 10. The molecule has 6 nitrogen and oxygen atoms in total. The summed E-state index contributed by atoms with van der Waals surface area (Å²) in [7, 11) is 0. The molecule has 2 atom stereocenters. The van der Waals surface area contributed by atoms with E-state index in [0.29, 0.717) is 22.5 Å². The Balaban J connectivity index is 1.73. The third-order valence-electron chi connectivity index (χ3n) is 5.98. The van der Waals surface area contributed by atoms with E-state index in [1.54, 1.807) is 59.8 Å². The first-order chi connectivity index (χ1) is 17.9. The highest BCUT2D eigenvalue weighted by Gasteiger charge is 2.17. The molecule has 0 aliphatic rings. The number of hydrazone groups is 1. The minimum absolute atomic E-state index is 0.438. The Morgan fingerprint density at radius 2 is 1.19 bits per heavy atom. The van der Waals surface area contributed by atoms with Crippen molar-refractivity contribution in [2.24, 2.45) is 5.10 Å². The van der Waals surface area contributed by atoms with Crippen LogP contribution >= 0.6 is 0 Å². The summed E-state index contributed by atoms with van der Waals surface area (Å²) < 4.78 is 0. The van der Waals surface area contributed by atoms with Gasteiger partial charge in [-0.1, -0.05) is 79.9 Å². The van der Waals surface area contributed by atoms with Gasteiger partial charge in [-0.15, -0.1) is 0 Å². The maximum Gasteiger partial charge on any atom is 0.188 e. The maximum absolute atomic E-state index is 11.8. The molecule has 0 fully saturated rings. The SMILES string of the molecule is C=CC(=O)C(O)c1ccc(N(N=Cc2cccc3ccccc23)c2ccc(C(O)C(=O)C=C)cc2)cc1. The second-order valence-electron chi connectivity index (χ2n) is 8.33. The van der Waals surface area contributed by atoms with Crippen LogP contribution in [0.25, 0.3) is 10.8 Å². The number of ketones is 2. The van der Waals surface area contributed by atoms with Gasteiger partial charge in [0, 0.05) is 5.56 Å². The van der Waals surface area contributed by atoms with Gasteiger partial charge in [0.05, 0.1) is 17.6 Å². The molecule has 0 aromatic heterocycles. The number of carbonyl (C=O) groups is 2. The number of anilines is 2. The monoisotopic (exact) mass is 490 g/mol. The highest BCUT2D eigenvalue weighted by atomic mass is 16.3. The van der Waals surface area contributed by atoms with E-state index in [1.165, 1.54) is 0 Å². The first-order valence-corrected chi connectivity index (χ1v) is 11.6. The zero-order valence-corrected chi connectivity index (χ0v) is 20.1. The predicted molar refractivity (Wildman–Crippen MR) is 147 cm³/mol. The molecule has 4 aromatic rings. The van der Waals surface area contributed by atoms with Crippen molar-refractivity contribution in [1.82, 2.24) is 0 Å². The summed E-state index contributed by atoms with van der Waals surface area (Å²) in [5.41, 5.74) is 3.15. The number of fused-ring (bicyclic) bond motifs is 1. The smallest absolute Gasteiger partial charge is 0.188 e. The first-order valence-electron chi connectivity index (χ1n) is 11.6. The Bertz CT molecular complexity index is 1400. The quantitative estimate of drug-likeness (QED) is 0.172. The van der Waals surface area contributed by atoms with E-state index in [2.05, 4.69) is 13.2 Å². The summed E-state index contributed by atoms with van der Waals surface area (Å²) in [5, 5.41) is 29.0. The molecule has 0 saturated carbocycles. The van der Waals surface area contributed by atoms with Crippen LogP contribution in [0.3, 0.4) is 0 Å². The number of carbonyl (C=O) groups excluding carboxylic acids is 2. The highest BCUT2D eigenvalue weighted by molar-refractivity contribution is 6.00. The molecule has 0 bridgehead atoms. The summed E-state index contributed by atoms with van der Waals surface area (Å²) in [4.78, 5) is 23.6. The summed E-state index contributed by atoms with van der Waals surface area (Å²) in [6.07, 6.45) is 1.36. The fourth-order valence-electron chi connectivity index (χ4n) is 3.91. The third-order valence-corrected chi connectivity index (χ3v) is 5.98. The van der Waals surface area contributed by atoms with Crippen LogP contribution in [0.2, 0.25) is 0 Å². The molecule has 2 unspecified atom stereocenters. The van der Waals surface area contributed by atoms with Gasteiger partial charge in [0.2, 0.25) is 0 Å². The molecule has 0 aliphatic carbocycles. The van der Waals surface area contributed by atoms with Gasteiger partial charge in [-0.3, -0.25) is 9.59 Å². The zero-order chi connectivity index (χ0) is 26.4. The van der Waals surface area contributed by atoms with Gasteiger partial charge in [0.1, 0.15) is 12.2 Å². The van der Waals surface area contributed by atoms with Crippen molar-refractivity contribution in [3.63, 3.8) is 0 Å². The largest absolute Gasteiger partial charge is 0.380 e. The average molecular weight is 491 g/mol. The first kappa shape index (κ1) is 25.4. The van der Waals surface area contributed by atoms with Crippen LogP contribution in [-0.4, -0.2) is 28.0 Å². The van der Waals surface area contributed by atoms with Gasteiger partial charge in [0.25, 0.3) is 0 Å². The van der Waals surface area contributed by atoms with Gasteiger partial charge in [-0.2, -0.15) is 5.10 Å². The van der Waals surface area contributed by atoms with Crippen LogP contribution in [0.4, 0.5) is 11.4 Å². The van der Waals surface area contributed by atoms with Crippen LogP contribution in [0.5, 0.6) is 0 Å². The van der Waals surface area contributed by atoms with Gasteiger partial charge < -0.3 is 10.2 Å². The lowest BCUT2D eigenvalue weighted by Gasteiger charge is -2.21. The van der Waals surface area contributed by atoms with Gasteiger partial charge in [0.15, 0.2) is 11.6 Å². The fourth-order valence-corrected chi connectivity index (χ4v) is 3.91. The number of aliphatic hydroxyl groups excluding tert-OH is 2. The van der Waals surface area contributed by atoms with Gasteiger partial charge in [-0.05, 0) is 58.3 Å². The minimum Gasteiger partial charge on any atom is -0.380 e. The molecule has 0 radical (unpaired) electrons. The number of nitrogens with zero attached hydrogens (tertiary/aromatic N) is 2. The van der Waals surface area contributed by atoms with Crippen molar-refractivity contribution in [1.29, 1.82) is 0 Å². The number of hydrogen-bond donors (Lipinski definition) is 2.